The van der Waals surface area contributed by atoms with Gasteiger partial charge in [-0.25, -0.2) is 4.99 Å². The van der Waals surface area contributed by atoms with Crippen LogP contribution in [0.4, 0.5) is 0 Å². The van der Waals surface area contributed by atoms with Crippen molar-refractivity contribution in [2.75, 3.05) is 20.6 Å². The van der Waals surface area contributed by atoms with Crippen LogP contribution in [0.25, 0.3) is 0 Å². The summed E-state index contributed by atoms with van der Waals surface area (Å²) in [6.45, 7) is 7.45. The molecule has 0 bridgehead atoms. The molecule has 134 valence electrons. The Morgan fingerprint density at radius 3 is 2.20 bits per heavy atom. The van der Waals surface area contributed by atoms with Gasteiger partial charge in [0.2, 0.25) is 0 Å². The molecule has 0 radical (unpaired) electrons. The summed E-state index contributed by atoms with van der Waals surface area (Å²) in [5.41, 5.74) is 5.18. The lowest BCUT2D eigenvalue weighted by Crippen LogP contribution is -2.37. The lowest BCUT2D eigenvalue weighted by Gasteiger charge is -2.15. The number of nitrogens with one attached hydrogen (secondary N) is 2. The summed E-state index contributed by atoms with van der Waals surface area (Å²) in [5.74, 6) is 0.852. The molecule has 0 saturated heterocycles. The second-order valence-electron chi connectivity index (χ2n) is 6.48. The van der Waals surface area contributed by atoms with Gasteiger partial charge in [-0.2, -0.15) is 0 Å². The van der Waals surface area contributed by atoms with Crippen molar-refractivity contribution in [3.63, 3.8) is 0 Å². The van der Waals surface area contributed by atoms with E-state index in [1.165, 1.54) is 22.3 Å². The lowest BCUT2D eigenvalue weighted by atomic mass is 10.1. The Kier molecular flexibility index (Phi) is 7.48. The van der Waals surface area contributed by atoms with Gasteiger partial charge >= 0.3 is 0 Å². The van der Waals surface area contributed by atoms with Gasteiger partial charge in [-0.3, -0.25) is 0 Å². The Labute approximate surface area is 152 Å². The number of guanidine groups is 1. The molecule has 4 heteroatoms. The average Bonchev–Trinajstić information content (AvgIpc) is 2.59. The molecule has 0 saturated carbocycles. The number of nitrogens with zero attached hydrogens (tertiary/aromatic N) is 2. The van der Waals surface area contributed by atoms with E-state index in [0.29, 0.717) is 6.54 Å². The monoisotopic (exact) mass is 338 g/mol. The van der Waals surface area contributed by atoms with Crippen molar-refractivity contribution in [2.45, 2.75) is 33.5 Å². The summed E-state index contributed by atoms with van der Waals surface area (Å²) in [5, 5.41) is 6.77. The molecule has 0 atom stereocenters. The fourth-order valence-corrected chi connectivity index (χ4v) is 2.70. The Morgan fingerprint density at radius 2 is 1.56 bits per heavy atom. The molecule has 0 unspecified atom stereocenters. The summed E-state index contributed by atoms with van der Waals surface area (Å²) in [6.07, 6.45) is 0. The van der Waals surface area contributed by atoms with E-state index in [1.54, 1.807) is 0 Å². The molecule has 0 fully saturated rings. The van der Waals surface area contributed by atoms with E-state index in [-0.39, 0.29) is 0 Å². The minimum absolute atomic E-state index is 0.674. The lowest BCUT2D eigenvalue weighted by molar-refractivity contribution is 0.401. The topological polar surface area (TPSA) is 39.7 Å². The van der Waals surface area contributed by atoms with Crippen LogP contribution in [0.5, 0.6) is 0 Å². The van der Waals surface area contributed by atoms with Crippen LogP contribution in [0.3, 0.4) is 0 Å². The van der Waals surface area contributed by atoms with E-state index >= 15 is 0 Å². The third-order valence-corrected chi connectivity index (χ3v) is 4.06. The van der Waals surface area contributed by atoms with Crippen LogP contribution < -0.4 is 10.6 Å². The number of rotatable bonds is 7. The molecule has 2 rings (SSSR count). The number of aliphatic imine (C=N–C) groups is 1. The van der Waals surface area contributed by atoms with Crippen molar-refractivity contribution in [1.82, 2.24) is 15.5 Å². The number of benzene rings is 2. The SMILES string of the molecule is CCNC(=NCc1ccccc1CN(C)C)NCc1ccccc1C. The largest absolute Gasteiger partial charge is 0.357 e. The van der Waals surface area contributed by atoms with Gasteiger partial charge in [-0.15, -0.1) is 0 Å². The van der Waals surface area contributed by atoms with Gasteiger partial charge in [0, 0.05) is 19.6 Å². The van der Waals surface area contributed by atoms with E-state index in [1.807, 2.05) is 0 Å². The standard InChI is InChI=1S/C21H30N4/c1-5-22-21(23-14-18-11-7-6-10-17(18)2)24-15-19-12-8-9-13-20(19)16-25(3)4/h6-13H,5,14-16H2,1-4H3,(H2,22,23,24). The van der Waals surface area contributed by atoms with E-state index in [0.717, 1.165) is 25.6 Å². The van der Waals surface area contributed by atoms with Crippen LogP contribution in [0.15, 0.2) is 53.5 Å². The van der Waals surface area contributed by atoms with Crippen molar-refractivity contribution in [3.8, 4) is 0 Å². The maximum absolute atomic E-state index is 4.77. The predicted molar refractivity (Wildman–Crippen MR) is 107 cm³/mol. The number of hydrogen-bond donors (Lipinski definition) is 2. The first-order chi connectivity index (χ1) is 12.1. The third kappa shape index (κ3) is 6.24. The Hall–Kier alpha value is -2.33. The normalized spacial score (nSPS) is 11.6. The second kappa shape index (κ2) is 9.84. The maximum atomic E-state index is 4.77. The zero-order valence-electron chi connectivity index (χ0n) is 15.8. The zero-order chi connectivity index (χ0) is 18.1. The molecular formula is C21H30N4. The van der Waals surface area contributed by atoms with Crippen LogP contribution in [-0.4, -0.2) is 31.5 Å². The molecule has 2 aromatic carbocycles. The van der Waals surface area contributed by atoms with E-state index < -0.39 is 0 Å². The first-order valence-electron chi connectivity index (χ1n) is 8.88. The van der Waals surface area contributed by atoms with Crippen molar-refractivity contribution < 1.29 is 0 Å². The van der Waals surface area contributed by atoms with Gasteiger partial charge < -0.3 is 15.5 Å². The molecule has 4 nitrogen and oxygen atoms in total. The van der Waals surface area contributed by atoms with Gasteiger partial charge in [0.05, 0.1) is 6.54 Å². The van der Waals surface area contributed by atoms with Crippen molar-refractivity contribution >= 4 is 5.96 Å². The molecule has 0 aromatic heterocycles. The maximum Gasteiger partial charge on any atom is 0.191 e. The quantitative estimate of drug-likeness (QED) is 0.601. The summed E-state index contributed by atoms with van der Waals surface area (Å²) in [6, 6.07) is 16.9. The van der Waals surface area contributed by atoms with Crippen LogP contribution in [-0.2, 0) is 19.6 Å². The molecule has 0 amide bonds. The molecule has 0 aliphatic rings. The molecule has 0 aliphatic carbocycles. The van der Waals surface area contributed by atoms with Gasteiger partial charge in [0.25, 0.3) is 0 Å². The molecule has 0 heterocycles. The summed E-state index contributed by atoms with van der Waals surface area (Å²) in [7, 11) is 4.18. The average molecular weight is 338 g/mol. The molecule has 25 heavy (non-hydrogen) atoms. The zero-order valence-corrected chi connectivity index (χ0v) is 15.8. The molecular weight excluding hydrogens is 308 g/mol. The Balaban J connectivity index is 2.06. The van der Waals surface area contributed by atoms with Crippen molar-refractivity contribution in [1.29, 1.82) is 0 Å². The van der Waals surface area contributed by atoms with Crippen LogP contribution in [0.2, 0.25) is 0 Å². The number of hydrogen-bond acceptors (Lipinski definition) is 2. The van der Waals surface area contributed by atoms with Crippen LogP contribution in [0, 0.1) is 6.92 Å². The first kappa shape index (κ1) is 19.0. The fraction of sp³-hybridized carbons (Fsp3) is 0.381. The van der Waals surface area contributed by atoms with E-state index in [9.17, 15) is 0 Å². The highest BCUT2D eigenvalue weighted by Crippen LogP contribution is 2.12. The highest BCUT2D eigenvalue weighted by atomic mass is 15.2. The van der Waals surface area contributed by atoms with Gasteiger partial charge in [-0.1, -0.05) is 48.5 Å². The summed E-state index contributed by atoms with van der Waals surface area (Å²) >= 11 is 0. The fourth-order valence-electron chi connectivity index (χ4n) is 2.70. The van der Waals surface area contributed by atoms with Gasteiger partial charge in [0.15, 0.2) is 5.96 Å². The van der Waals surface area contributed by atoms with Gasteiger partial charge in [0.1, 0.15) is 0 Å². The molecule has 0 aliphatic heterocycles. The summed E-state index contributed by atoms with van der Waals surface area (Å²) in [4.78, 5) is 6.96. The van der Waals surface area contributed by atoms with Crippen LogP contribution >= 0.6 is 0 Å². The minimum atomic E-state index is 0.674. The van der Waals surface area contributed by atoms with Crippen molar-refractivity contribution in [2.24, 2.45) is 4.99 Å². The highest BCUT2D eigenvalue weighted by Gasteiger charge is 2.04. The van der Waals surface area contributed by atoms with E-state index in [2.05, 4.69) is 92.0 Å². The Morgan fingerprint density at radius 1 is 0.920 bits per heavy atom. The predicted octanol–water partition coefficient (Wildman–Crippen LogP) is 3.31. The van der Waals surface area contributed by atoms with Gasteiger partial charge in [-0.05, 0) is 50.2 Å². The minimum Gasteiger partial charge on any atom is -0.357 e. The second-order valence-corrected chi connectivity index (χ2v) is 6.48. The smallest absolute Gasteiger partial charge is 0.191 e. The molecule has 2 N–H and O–H groups in total. The first-order valence-corrected chi connectivity index (χ1v) is 8.88. The molecule has 2 aromatic rings. The van der Waals surface area contributed by atoms with Crippen molar-refractivity contribution in [3.05, 3.63) is 70.8 Å². The summed E-state index contributed by atoms with van der Waals surface area (Å²) < 4.78 is 0. The van der Waals surface area contributed by atoms with E-state index in [4.69, 9.17) is 4.99 Å². The highest BCUT2D eigenvalue weighted by molar-refractivity contribution is 5.79. The van der Waals surface area contributed by atoms with Crippen LogP contribution in [0.1, 0.15) is 29.2 Å². The third-order valence-electron chi connectivity index (χ3n) is 4.06. The number of aryl methyl sites for hydroxylation is 1. The Bertz CT molecular complexity index is 692. The molecule has 0 spiro atoms.